The molecule has 1 aromatic carbocycles. The highest BCUT2D eigenvalue weighted by Gasteiger charge is 2.14. The zero-order valence-corrected chi connectivity index (χ0v) is 13.8. The lowest BCUT2D eigenvalue weighted by Crippen LogP contribution is -2.39. The zero-order chi connectivity index (χ0) is 15.9. The molecule has 6 nitrogen and oxygen atoms in total. The lowest BCUT2D eigenvalue weighted by molar-refractivity contribution is 0.367. The van der Waals surface area contributed by atoms with Crippen LogP contribution < -0.4 is 11.2 Å². The van der Waals surface area contributed by atoms with Crippen LogP contribution in [0.3, 0.4) is 0 Å². The Morgan fingerprint density at radius 3 is 2.77 bits per heavy atom. The highest BCUT2D eigenvalue weighted by molar-refractivity contribution is 9.10. The minimum Gasteiger partial charge on any atom is -0.359 e. The lowest BCUT2D eigenvalue weighted by atomic mass is 10.2. The number of hydrogen-bond acceptors (Lipinski definition) is 4. The third kappa shape index (κ3) is 2.31. The molecule has 0 atom stereocenters. The molecule has 0 saturated heterocycles. The van der Waals surface area contributed by atoms with Gasteiger partial charge in [0.25, 0.3) is 5.56 Å². The van der Waals surface area contributed by atoms with Crippen molar-refractivity contribution in [3.8, 4) is 0 Å². The Bertz CT molecular complexity index is 968. The van der Waals surface area contributed by atoms with Gasteiger partial charge in [-0.3, -0.25) is 13.9 Å². The van der Waals surface area contributed by atoms with E-state index < -0.39 is 0 Å². The van der Waals surface area contributed by atoms with Gasteiger partial charge < -0.3 is 4.52 Å². The number of nitrogens with zero attached hydrogens (tertiary/aromatic N) is 3. The minimum absolute atomic E-state index is 0.0704. The standard InChI is InChI=1S/C15H14BrN3O3/c1-3-9-7-10(22-17-9)8-19-14(20)11-5-4-6-12(16)13(11)18(2)15(19)21/h4-7H,3,8H2,1-2H3. The molecular weight excluding hydrogens is 350 g/mol. The Kier molecular flexibility index (Phi) is 3.74. The highest BCUT2D eigenvalue weighted by atomic mass is 79.9. The fraction of sp³-hybridized carbons (Fsp3) is 0.267. The summed E-state index contributed by atoms with van der Waals surface area (Å²) in [6, 6.07) is 7.04. The van der Waals surface area contributed by atoms with E-state index in [9.17, 15) is 9.59 Å². The number of rotatable bonds is 3. The van der Waals surface area contributed by atoms with Gasteiger partial charge >= 0.3 is 5.69 Å². The molecule has 0 N–H and O–H groups in total. The summed E-state index contributed by atoms with van der Waals surface area (Å²) in [6.45, 7) is 2.03. The summed E-state index contributed by atoms with van der Waals surface area (Å²) in [5.41, 5.74) is 0.650. The number of hydrogen-bond donors (Lipinski definition) is 0. The van der Waals surface area contributed by atoms with Gasteiger partial charge in [0, 0.05) is 17.6 Å². The van der Waals surface area contributed by atoms with Crippen LogP contribution in [0.4, 0.5) is 0 Å². The van der Waals surface area contributed by atoms with E-state index in [0.717, 1.165) is 16.7 Å². The third-order valence-corrected chi connectivity index (χ3v) is 4.24. The molecule has 0 aliphatic heterocycles. The van der Waals surface area contributed by atoms with Crippen molar-refractivity contribution >= 4 is 26.8 Å². The Hall–Kier alpha value is -2.15. The van der Waals surface area contributed by atoms with E-state index in [1.165, 1.54) is 4.57 Å². The van der Waals surface area contributed by atoms with E-state index in [1.807, 2.05) is 6.92 Å². The molecule has 2 aromatic heterocycles. The molecule has 0 fully saturated rings. The summed E-state index contributed by atoms with van der Waals surface area (Å²) in [4.78, 5) is 25.1. The molecule has 0 aliphatic carbocycles. The van der Waals surface area contributed by atoms with Crippen molar-refractivity contribution < 1.29 is 4.52 Å². The van der Waals surface area contributed by atoms with Gasteiger partial charge in [-0.25, -0.2) is 4.79 Å². The number of aryl methyl sites for hydroxylation is 2. The molecule has 0 bridgehead atoms. The van der Waals surface area contributed by atoms with Crippen molar-refractivity contribution in [2.24, 2.45) is 7.05 Å². The second-order valence-electron chi connectivity index (χ2n) is 5.01. The maximum atomic E-state index is 12.6. The van der Waals surface area contributed by atoms with E-state index in [2.05, 4.69) is 21.1 Å². The predicted molar refractivity (Wildman–Crippen MR) is 86.1 cm³/mol. The van der Waals surface area contributed by atoms with Crippen molar-refractivity contribution in [3.05, 3.63) is 61.0 Å². The number of para-hydroxylation sites is 1. The molecule has 3 aromatic rings. The van der Waals surface area contributed by atoms with Crippen molar-refractivity contribution in [3.63, 3.8) is 0 Å². The molecule has 22 heavy (non-hydrogen) atoms. The van der Waals surface area contributed by atoms with Crippen molar-refractivity contribution in [1.29, 1.82) is 0 Å². The zero-order valence-electron chi connectivity index (χ0n) is 12.2. The van der Waals surface area contributed by atoms with Gasteiger partial charge in [-0.1, -0.05) is 18.1 Å². The SMILES string of the molecule is CCc1cc(Cn2c(=O)c3cccc(Br)c3n(C)c2=O)on1. The van der Waals surface area contributed by atoms with Crippen molar-refractivity contribution in [2.75, 3.05) is 0 Å². The molecule has 114 valence electrons. The van der Waals surface area contributed by atoms with E-state index in [0.29, 0.717) is 21.1 Å². The molecule has 0 unspecified atom stereocenters. The third-order valence-electron chi connectivity index (χ3n) is 3.60. The minimum atomic E-state index is -0.390. The largest absolute Gasteiger partial charge is 0.359 e. The first-order valence-electron chi connectivity index (χ1n) is 6.85. The van der Waals surface area contributed by atoms with Crippen LogP contribution in [0, 0.1) is 0 Å². The second-order valence-corrected chi connectivity index (χ2v) is 5.86. The predicted octanol–water partition coefficient (Wildman–Crippen LogP) is 2.06. The number of aromatic nitrogens is 3. The van der Waals surface area contributed by atoms with Crippen molar-refractivity contribution in [2.45, 2.75) is 19.9 Å². The molecule has 2 heterocycles. The summed E-state index contributed by atoms with van der Waals surface area (Å²) in [5.74, 6) is 0.491. The van der Waals surface area contributed by atoms with Gasteiger partial charge in [0.1, 0.15) is 0 Å². The van der Waals surface area contributed by atoms with Gasteiger partial charge in [-0.2, -0.15) is 0 Å². The Balaban J connectivity index is 2.22. The molecule has 0 radical (unpaired) electrons. The molecule has 7 heteroatoms. The van der Waals surface area contributed by atoms with Crippen LogP contribution in [0.25, 0.3) is 10.9 Å². The van der Waals surface area contributed by atoms with Gasteiger partial charge in [-0.15, -0.1) is 0 Å². The van der Waals surface area contributed by atoms with E-state index in [1.54, 1.807) is 31.3 Å². The van der Waals surface area contributed by atoms with Crippen LogP contribution in [-0.2, 0) is 20.0 Å². The van der Waals surface area contributed by atoms with Crippen LogP contribution in [0.5, 0.6) is 0 Å². The summed E-state index contributed by atoms with van der Waals surface area (Å²) in [6.07, 6.45) is 0.737. The van der Waals surface area contributed by atoms with Crippen LogP contribution >= 0.6 is 15.9 Å². The quantitative estimate of drug-likeness (QED) is 0.714. The summed E-state index contributed by atoms with van der Waals surface area (Å²) >= 11 is 3.38. The van der Waals surface area contributed by atoms with Crippen LogP contribution in [-0.4, -0.2) is 14.3 Å². The average molecular weight is 364 g/mol. The Morgan fingerprint density at radius 2 is 2.09 bits per heavy atom. The number of fused-ring (bicyclic) bond motifs is 1. The van der Waals surface area contributed by atoms with E-state index >= 15 is 0 Å². The number of benzene rings is 1. The van der Waals surface area contributed by atoms with E-state index in [4.69, 9.17) is 4.52 Å². The maximum absolute atomic E-state index is 12.6. The topological polar surface area (TPSA) is 70.0 Å². The molecule has 0 aliphatic rings. The van der Waals surface area contributed by atoms with E-state index in [-0.39, 0.29) is 17.8 Å². The average Bonchev–Trinajstić information content (AvgIpc) is 2.97. The van der Waals surface area contributed by atoms with Gasteiger partial charge in [0.2, 0.25) is 0 Å². The summed E-state index contributed by atoms with van der Waals surface area (Å²) < 4.78 is 8.51. The molecule has 0 spiro atoms. The first kappa shape index (κ1) is 14.8. The normalized spacial score (nSPS) is 11.2. The summed E-state index contributed by atoms with van der Waals surface area (Å²) in [5, 5.41) is 4.36. The van der Waals surface area contributed by atoms with Crippen LogP contribution in [0.1, 0.15) is 18.4 Å². The van der Waals surface area contributed by atoms with Gasteiger partial charge in [0.05, 0.1) is 23.1 Å². The lowest BCUT2D eigenvalue weighted by Gasteiger charge is -2.10. The first-order valence-corrected chi connectivity index (χ1v) is 7.64. The highest BCUT2D eigenvalue weighted by Crippen LogP contribution is 2.19. The monoisotopic (exact) mass is 363 g/mol. The number of halogens is 1. The molecule has 0 amide bonds. The fourth-order valence-corrected chi connectivity index (χ4v) is 3.06. The first-order chi connectivity index (χ1) is 10.5. The molecular formula is C15H14BrN3O3. The Morgan fingerprint density at radius 1 is 1.32 bits per heavy atom. The van der Waals surface area contributed by atoms with Crippen LogP contribution in [0.2, 0.25) is 0 Å². The fourth-order valence-electron chi connectivity index (χ4n) is 2.43. The van der Waals surface area contributed by atoms with Crippen molar-refractivity contribution in [1.82, 2.24) is 14.3 Å². The van der Waals surface area contributed by atoms with Gasteiger partial charge in [-0.05, 0) is 34.5 Å². The molecule has 3 rings (SSSR count). The van der Waals surface area contributed by atoms with Crippen LogP contribution in [0.15, 0.2) is 42.9 Å². The smallest absolute Gasteiger partial charge is 0.331 e. The van der Waals surface area contributed by atoms with Gasteiger partial charge in [0.15, 0.2) is 5.76 Å². The maximum Gasteiger partial charge on any atom is 0.331 e. The molecule has 0 saturated carbocycles. The Labute approximate surface area is 134 Å². The summed E-state index contributed by atoms with van der Waals surface area (Å²) in [7, 11) is 1.64. The second kappa shape index (κ2) is 5.57.